The van der Waals surface area contributed by atoms with Crippen LogP contribution in [0.2, 0.25) is 0 Å². The minimum absolute atomic E-state index is 0.0202. The van der Waals surface area contributed by atoms with Gasteiger partial charge in [0.25, 0.3) is 0 Å². The molecule has 0 amide bonds. The fraction of sp³-hybridized carbons (Fsp3) is 0.292. The number of carbonyl (C=O) groups excluding carboxylic acids is 2. The second-order valence-electron chi connectivity index (χ2n) is 7.05. The van der Waals surface area contributed by atoms with Crippen molar-refractivity contribution < 1.29 is 23.8 Å². The van der Waals surface area contributed by atoms with E-state index in [1.807, 2.05) is 31.2 Å². The van der Waals surface area contributed by atoms with Crippen LogP contribution in [-0.2, 0) is 20.8 Å². The third-order valence-electron chi connectivity index (χ3n) is 5.12. The van der Waals surface area contributed by atoms with Gasteiger partial charge in [0, 0.05) is 5.39 Å². The van der Waals surface area contributed by atoms with Crippen LogP contribution >= 0.6 is 0 Å². The first-order valence-electron chi connectivity index (χ1n) is 10.2. The fourth-order valence-corrected chi connectivity index (χ4v) is 3.85. The molecule has 0 aliphatic rings. The number of nitriles is 1. The second kappa shape index (κ2) is 9.43. The molecule has 1 heterocycles. The highest BCUT2D eigenvalue weighted by Crippen LogP contribution is 2.41. The molecule has 2 N–H and O–H groups in total. The first kappa shape index (κ1) is 22.7. The molecule has 0 atom stereocenters. The first-order valence-corrected chi connectivity index (χ1v) is 10.2. The zero-order chi connectivity index (χ0) is 23.4. The van der Waals surface area contributed by atoms with Crippen LogP contribution in [0.3, 0.4) is 0 Å². The predicted molar refractivity (Wildman–Crippen MR) is 120 cm³/mol. The maximum absolute atomic E-state index is 12.8. The summed E-state index contributed by atoms with van der Waals surface area (Å²) in [5, 5.41) is 10.4. The molecule has 0 fully saturated rings. The number of nitrogen functional groups attached to an aromatic ring is 1. The summed E-state index contributed by atoms with van der Waals surface area (Å²) in [4.78, 5) is 25.2. The summed E-state index contributed by atoms with van der Waals surface area (Å²) in [5.41, 5.74) is 9.73. The van der Waals surface area contributed by atoms with Crippen LogP contribution in [0.25, 0.3) is 22.0 Å². The normalized spacial score (nSPS) is 10.6. The van der Waals surface area contributed by atoms with E-state index in [4.69, 9.17) is 19.9 Å². The Bertz CT molecular complexity index is 1220. The van der Waals surface area contributed by atoms with E-state index in [0.717, 1.165) is 16.7 Å². The van der Waals surface area contributed by atoms with Crippen molar-refractivity contribution >= 4 is 28.5 Å². The molecule has 2 aromatic carbocycles. The Morgan fingerprint density at radius 2 is 1.78 bits per heavy atom. The SMILES string of the molecule is CCOC(=O)Cn1c(C(=O)OCC)c(N)c2c(-c3ccc(OC)cc3)c(C)cc(C#N)c21. The van der Waals surface area contributed by atoms with Gasteiger partial charge in [-0.05, 0) is 55.7 Å². The number of nitrogens with zero attached hydrogens (tertiary/aromatic N) is 2. The highest BCUT2D eigenvalue weighted by Gasteiger charge is 2.28. The molecule has 0 bridgehead atoms. The number of anilines is 1. The number of aryl methyl sites for hydroxylation is 1. The number of aromatic nitrogens is 1. The highest BCUT2D eigenvalue weighted by molar-refractivity contribution is 6.14. The van der Waals surface area contributed by atoms with Gasteiger partial charge >= 0.3 is 11.9 Å². The van der Waals surface area contributed by atoms with Crippen molar-refractivity contribution in [2.75, 3.05) is 26.1 Å². The molecule has 0 aliphatic heterocycles. The van der Waals surface area contributed by atoms with Crippen molar-refractivity contribution in [2.45, 2.75) is 27.3 Å². The number of hydrogen-bond donors (Lipinski definition) is 1. The maximum Gasteiger partial charge on any atom is 0.357 e. The van der Waals surface area contributed by atoms with Crippen LogP contribution in [0.4, 0.5) is 5.69 Å². The molecule has 0 saturated carbocycles. The number of fused-ring (bicyclic) bond motifs is 1. The van der Waals surface area contributed by atoms with Gasteiger partial charge in [0.1, 0.15) is 18.4 Å². The average molecular weight is 435 g/mol. The molecule has 0 unspecified atom stereocenters. The van der Waals surface area contributed by atoms with Crippen molar-refractivity contribution in [2.24, 2.45) is 0 Å². The summed E-state index contributed by atoms with van der Waals surface area (Å²) in [6.45, 7) is 5.28. The van der Waals surface area contributed by atoms with Gasteiger partial charge in [-0.15, -0.1) is 0 Å². The van der Waals surface area contributed by atoms with Gasteiger partial charge in [-0.25, -0.2) is 4.79 Å². The maximum atomic E-state index is 12.8. The van der Waals surface area contributed by atoms with E-state index in [1.165, 1.54) is 4.57 Å². The molecule has 166 valence electrons. The van der Waals surface area contributed by atoms with Crippen LogP contribution in [0.1, 0.15) is 35.5 Å². The molecule has 1 aromatic heterocycles. The molecule has 0 aliphatic carbocycles. The van der Waals surface area contributed by atoms with Crippen LogP contribution < -0.4 is 10.5 Å². The standard InChI is InChI=1S/C24H25N3O5/c1-5-31-18(28)13-27-22-16(12-25)11-14(3)19(15-7-9-17(30-4)10-8-15)20(22)21(26)23(27)24(29)32-6-2/h7-11H,5-6,13,26H2,1-4H3. The summed E-state index contributed by atoms with van der Waals surface area (Å²) in [6, 6.07) is 11.3. The molecular weight excluding hydrogens is 410 g/mol. The minimum Gasteiger partial charge on any atom is -0.497 e. The average Bonchev–Trinajstić information content (AvgIpc) is 3.05. The van der Waals surface area contributed by atoms with Crippen LogP contribution in [0, 0.1) is 18.3 Å². The molecule has 8 nitrogen and oxygen atoms in total. The first-order chi connectivity index (χ1) is 15.4. The monoisotopic (exact) mass is 435 g/mol. The molecule has 8 heteroatoms. The molecule has 32 heavy (non-hydrogen) atoms. The number of esters is 2. The summed E-state index contributed by atoms with van der Waals surface area (Å²) >= 11 is 0. The largest absolute Gasteiger partial charge is 0.497 e. The lowest BCUT2D eigenvalue weighted by Crippen LogP contribution is -2.19. The fourth-order valence-electron chi connectivity index (χ4n) is 3.85. The molecule has 0 spiro atoms. The van der Waals surface area contributed by atoms with Crippen molar-refractivity contribution in [3.05, 3.63) is 47.2 Å². The van der Waals surface area contributed by atoms with Crippen molar-refractivity contribution in [1.82, 2.24) is 4.57 Å². The lowest BCUT2D eigenvalue weighted by molar-refractivity contribution is -0.143. The molecule has 3 aromatic rings. The molecule has 3 rings (SSSR count). The number of nitrogens with two attached hydrogens (primary N) is 1. The Kier molecular flexibility index (Phi) is 6.69. The highest BCUT2D eigenvalue weighted by atomic mass is 16.5. The number of ether oxygens (including phenoxy) is 3. The molecule has 0 saturated heterocycles. The van der Waals surface area contributed by atoms with E-state index >= 15 is 0 Å². The Morgan fingerprint density at radius 1 is 1.12 bits per heavy atom. The Labute approximate surface area is 186 Å². The van der Waals surface area contributed by atoms with Crippen molar-refractivity contribution in [3.63, 3.8) is 0 Å². The van der Waals surface area contributed by atoms with Crippen LogP contribution in [0.5, 0.6) is 5.75 Å². The molecule has 0 radical (unpaired) electrons. The summed E-state index contributed by atoms with van der Waals surface area (Å²) in [5.74, 6) is -0.533. The number of methoxy groups -OCH3 is 1. The van der Waals surface area contributed by atoms with E-state index < -0.39 is 11.9 Å². The summed E-state index contributed by atoms with van der Waals surface area (Å²) in [6.07, 6.45) is 0. The zero-order valence-electron chi connectivity index (χ0n) is 18.5. The lowest BCUT2D eigenvalue weighted by atomic mass is 9.93. The van der Waals surface area contributed by atoms with Gasteiger partial charge in [0.2, 0.25) is 0 Å². The smallest absolute Gasteiger partial charge is 0.357 e. The quantitative estimate of drug-likeness (QED) is 0.561. The van der Waals surface area contributed by atoms with E-state index in [9.17, 15) is 14.9 Å². The van der Waals surface area contributed by atoms with Gasteiger partial charge in [0.15, 0.2) is 5.69 Å². The van der Waals surface area contributed by atoms with Gasteiger partial charge in [0.05, 0.1) is 37.1 Å². The van der Waals surface area contributed by atoms with Gasteiger partial charge in [-0.3, -0.25) is 4.79 Å². The Balaban J connectivity index is 2.42. The van der Waals surface area contributed by atoms with Crippen molar-refractivity contribution in [1.29, 1.82) is 5.26 Å². The van der Waals surface area contributed by atoms with Crippen molar-refractivity contribution in [3.8, 4) is 22.9 Å². The van der Waals surface area contributed by atoms with Gasteiger partial charge < -0.3 is 24.5 Å². The van der Waals surface area contributed by atoms with E-state index in [2.05, 4.69) is 6.07 Å². The van der Waals surface area contributed by atoms with E-state index in [0.29, 0.717) is 22.2 Å². The number of benzene rings is 2. The summed E-state index contributed by atoms with van der Waals surface area (Å²) in [7, 11) is 1.58. The summed E-state index contributed by atoms with van der Waals surface area (Å²) < 4.78 is 17.0. The van der Waals surface area contributed by atoms with Gasteiger partial charge in [-0.2, -0.15) is 5.26 Å². The zero-order valence-corrected chi connectivity index (χ0v) is 18.5. The van der Waals surface area contributed by atoms with E-state index in [-0.39, 0.29) is 31.1 Å². The lowest BCUT2D eigenvalue weighted by Gasteiger charge is -2.13. The Morgan fingerprint density at radius 3 is 2.34 bits per heavy atom. The van der Waals surface area contributed by atoms with Crippen LogP contribution in [-0.4, -0.2) is 36.8 Å². The molecular formula is C24H25N3O5. The van der Waals surface area contributed by atoms with Gasteiger partial charge in [-0.1, -0.05) is 12.1 Å². The van der Waals surface area contributed by atoms with E-state index in [1.54, 1.807) is 27.0 Å². The number of carbonyl (C=O) groups is 2. The number of rotatable bonds is 7. The van der Waals surface area contributed by atoms with Crippen LogP contribution in [0.15, 0.2) is 30.3 Å². The third-order valence-corrected chi connectivity index (χ3v) is 5.12. The third kappa shape index (κ3) is 3.97. The predicted octanol–water partition coefficient (Wildman–Crippen LogP) is 3.82. The number of hydrogen-bond acceptors (Lipinski definition) is 7. The second-order valence-corrected chi connectivity index (χ2v) is 7.05. The Hall–Kier alpha value is -3.99. The topological polar surface area (TPSA) is 117 Å². The minimum atomic E-state index is -0.673.